The van der Waals surface area contributed by atoms with Gasteiger partial charge in [0.25, 0.3) is 10.1 Å². The van der Waals surface area contributed by atoms with Gasteiger partial charge in [0.2, 0.25) is 0 Å². The number of carbonyl (C=O) groups is 1. The number of hydrogen-bond donors (Lipinski definition) is 2. The maximum Gasteiger partial charge on any atom is 0.471 e. The third-order valence-electron chi connectivity index (χ3n) is 4.08. The summed E-state index contributed by atoms with van der Waals surface area (Å²) in [5.41, 5.74) is 5.91. The van der Waals surface area contributed by atoms with Crippen LogP contribution in [0.25, 0.3) is 0 Å². The molecule has 3 rings (SSSR count). The van der Waals surface area contributed by atoms with Crippen LogP contribution in [0.3, 0.4) is 0 Å². The number of nitrogens with one attached hydrogen (secondary N) is 1. The molecule has 1 aliphatic heterocycles. The Morgan fingerprint density at radius 2 is 1.90 bits per heavy atom. The number of amides is 1. The molecule has 0 radical (unpaired) electrons. The molecule has 3 N–H and O–H groups in total. The number of halogens is 3. The van der Waals surface area contributed by atoms with Gasteiger partial charge in [0.05, 0.1) is 10.6 Å². The normalized spacial score (nSPS) is 16.2. The van der Waals surface area contributed by atoms with E-state index in [0.29, 0.717) is 0 Å². The van der Waals surface area contributed by atoms with E-state index in [-0.39, 0.29) is 28.7 Å². The van der Waals surface area contributed by atoms with Gasteiger partial charge in [-0.25, -0.2) is 0 Å². The Bertz CT molecular complexity index is 1050. The first-order valence-corrected chi connectivity index (χ1v) is 9.94. The fourth-order valence-electron chi connectivity index (χ4n) is 2.53. The molecule has 0 aliphatic carbocycles. The SMILES string of the molecule is Cc1ccc(S(=O)(=O)OCC2COc3ccc(N)c(NC(=O)C(F)(F)F)c3O2)cc1. The molecule has 0 saturated heterocycles. The second-order valence-corrected chi connectivity index (χ2v) is 8.03. The molecule has 0 fully saturated rings. The highest BCUT2D eigenvalue weighted by molar-refractivity contribution is 7.86. The van der Waals surface area contributed by atoms with Crippen LogP contribution in [0.15, 0.2) is 41.3 Å². The van der Waals surface area contributed by atoms with Crippen molar-refractivity contribution >= 4 is 27.4 Å². The molecule has 12 heteroatoms. The standard InChI is InChI=1S/C18H17F3N2O6S/c1-10-2-4-12(5-3-10)30(25,26)28-9-11-8-27-14-7-6-13(22)15(16(14)29-11)23-17(24)18(19,20)21/h2-7,11H,8-9,22H2,1H3,(H,23,24). The number of fused-ring (bicyclic) bond motifs is 1. The van der Waals surface area contributed by atoms with E-state index in [1.807, 2.05) is 0 Å². The maximum atomic E-state index is 12.6. The van der Waals surface area contributed by atoms with Crippen LogP contribution in [-0.4, -0.2) is 39.8 Å². The molecule has 30 heavy (non-hydrogen) atoms. The highest BCUT2D eigenvalue weighted by atomic mass is 32.2. The zero-order valence-corrected chi connectivity index (χ0v) is 16.3. The van der Waals surface area contributed by atoms with Gasteiger partial charge in [-0.1, -0.05) is 17.7 Å². The lowest BCUT2D eigenvalue weighted by molar-refractivity contribution is -0.167. The van der Waals surface area contributed by atoms with E-state index in [2.05, 4.69) is 0 Å². The van der Waals surface area contributed by atoms with Crippen molar-refractivity contribution in [3.05, 3.63) is 42.0 Å². The van der Waals surface area contributed by atoms with Crippen molar-refractivity contribution in [3.8, 4) is 11.5 Å². The van der Waals surface area contributed by atoms with E-state index in [9.17, 15) is 26.4 Å². The minimum atomic E-state index is -5.14. The first-order chi connectivity index (χ1) is 14.0. The van der Waals surface area contributed by atoms with Crippen molar-refractivity contribution < 1.29 is 40.0 Å². The molecule has 8 nitrogen and oxygen atoms in total. The van der Waals surface area contributed by atoms with Gasteiger partial charge in [-0.2, -0.15) is 21.6 Å². The topological polar surface area (TPSA) is 117 Å². The lowest BCUT2D eigenvalue weighted by Crippen LogP contribution is -2.35. The van der Waals surface area contributed by atoms with Gasteiger partial charge in [0.15, 0.2) is 17.6 Å². The molecule has 1 amide bonds. The summed E-state index contributed by atoms with van der Waals surface area (Å²) in [5, 5.41) is 1.65. The Balaban J connectivity index is 1.75. The third kappa shape index (κ3) is 4.76. The number of aryl methyl sites for hydroxylation is 1. The Hall–Kier alpha value is -2.99. The predicted octanol–water partition coefficient (Wildman–Crippen LogP) is 2.62. The van der Waals surface area contributed by atoms with E-state index < -0.39 is 40.6 Å². The summed E-state index contributed by atoms with van der Waals surface area (Å²) >= 11 is 0. The van der Waals surface area contributed by atoms with Crippen LogP contribution in [0.2, 0.25) is 0 Å². The average Bonchev–Trinajstić information content (AvgIpc) is 2.68. The fraction of sp³-hybridized carbons (Fsp3) is 0.278. The molecule has 2 aromatic rings. The summed E-state index contributed by atoms with van der Waals surface area (Å²) in [5.74, 6) is -2.45. The number of hydrogen-bond acceptors (Lipinski definition) is 7. The highest BCUT2D eigenvalue weighted by Gasteiger charge is 2.40. The number of carbonyl (C=O) groups excluding carboxylic acids is 1. The second kappa shape index (κ2) is 8.03. The van der Waals surface area contributed by atoms with Crippen LogP contribution >= 0.6 is 0 Å². The van der Waals surface area contributed by atoms with Gasteiger partial charge in [-0.15, -0.1) is 0 Å². The van der Waals surface area contributed by atoms with Crippen LogP contribution in [0, 0.1) is 6.92 Å². The maximum absolute atomic E-state index is 12.6. The Morgan fingerprint density at radius 3 is 2.53 bits per heavy atom. The number of nitrogens with two attached hydrogens (primary N) is 1. The summed E-state index contributed by atoms with van der Waals surface area (Å²) < 4.78 is 78.3. The summed E-state index contributed by atoms with van der Waals surface area (Å²) in [6.07, 6.45) is -6.13. The van der Waals surface area contributed by atoms with Crippen molar-refractivity contribution in [2.75, 3.05) is 24.3 Å². The summed E-state index contributed by atoms with van der Waals surface area (Å²) in [7, 11) is -4.09. The van der Waals surface area contributed by atoms with E-state index in [0.717, 1.165) is 5.56 Å². The first-order valence-electron chi connectivity index (χ1n) is 8.53. The number of benzene rings is 2. The van der Waals surface area contributed by atoms with E-state index >= 15 is 0 Å². The second-order valence-electron chi connectivity index (χ2n) is 6.41. The van der Waals surface area contributed by atoms with Crippen molar-refractivity contribution in [2.24, 2.45) is 0 Å². The first kappa shape index (κ1) is 21.7. The van der Waals surface area contributed by atoms with Crippen molar-refractivity contribution in [2.45, 2.75) is 24.1 Å². The lowest BCUT2D eigenvalue weighted by atomic mass is 10.2. The van der Waals surface area contributed by atoms with Crippen molar-refractivity contribution in [1.82, 2.24) is 0 Å². The predicted molar refractivity (Wildman–Crippen MR) is 99.8 cm³/mol. The average molecular weight is 446 g/mol. The largest absolute Gasteiger partial charge is 0.486 e. The molecular formula is C18H17F3N2O6S. The number of nitrogen functional groups attached to an aromatic ring is 1. The van der Waals surface area contributed by atoms with Gasteiger partial charge >= 0.3 is 12.1 Å². The zero-order chi connectivity index (χ0) is 22.1. The van der Waals surface area contributed by atoms with Crippen LogP contribution in [0.4, 0.5) is 24.5 Å². The van der Waals surface area contributed by atoms with Gasteiger partial charge < -0.3 is 20.5 Å². The van der Waals surface area contributed by atoms with Crippen molar-refractivity contribution in [3.63, 3.8) is 0 Å². The molecule has 1 unspecified atom stereocenters. The third-order valence-corrected chi connectivity index (χ3v) is 5.37. The Morgan fingerprint density at radius 1 is 1.23 bits per heavy atom. The molecule has 1 atom stereocenters. The number of rotatable bonds is 5. The minimum absolute atomic E-state index is 0.0410. The smallest absolute Gasteiger partial charge is 0.471 e. The van der Waals surface area contributed by atoms with E-state index in [1.165, 1.54) is 24.3 Å². The molecule has 0 aromatic heterocycles. The highest BCUT2D eigenvalue weighted by Crippen LogP contribution is 2.43. The van der Waals surface area contributed by atoms with Crippen LogP contribution in [0.5, 0.6) is 11.5 Å². The van der Waals surface area contributed by atoms with Gasteiger partial charge in [0, 0.05) is 0 Å². The summed E-state index contributed by atoms with van der Waals surface area (Å²) in [4.78, 5) is 11.2. The number of anilines is 2. The molecule has 1 heterocycles. The van der Waals surface area contributed by atoms with Gasteiger partial charge in [-0.3, -0.25) is 8.98 Å². The molecule has 1 aliphatic rings. The quantitative estimate of drug-likeness (QED) is 0.536. The van der Waals surface area contributed by atoms with Gasteiger partial charge in [-0.05, 0) is 31.2 Å². The molecule has 0 bridgehead atoms. The van der Waals surface area contributed by atoms with Crippen molar-refractivity contribution in [1.29, 1.82) is 0 Å². The molecular weight excluding hydrogens is 429 g/mol. The van der Waals surface area contributed by atoms with Crippen LogP contribution < -0.4 is 20.5 Å². The molecule has 2 aromatic carbocycles. The molecule has 162 valence electrons. The lowest BCUT2D eigenvalue weighted by Gasteiger charge is -2.28. The number of alkyl halides is 3. The fourth-order valence-corrected chi connectivity index (χ4v) is 3.46. The molecule has 0 spiro atoms. The zero-order valence-electron chi connectivity index (χ0n) is 15.5. The minimum Gasteiger partial charge on any atom is -0.486 e. The summed E-state index contributed by atoms with van der Waals surface area (Å²) in [6, 6.07) is 8.56. The number of ether oxygens (including phenoxy) is 2. The Kier molecular flexibility index (Phi) is 5.81. The van der Waals surface area contributed by atoms with E-state index in [4.69, 9.17) is 19.4 Å². The van der Waals surface area contributed by atoms with Crippen LogP contribution in [0.1, 0.15) is 5.56 Å². The monoisotopic (exact) mass is 446 g/mol. The van der Waals surface area contributed by atoms with Gasteiger partial charge in [0.1, 0.15) is 18.9 Å². The summed E-state index contributed by atoms with van der Waals surface area (Å²) in [6.45, 7) is 1.19. The van der Waals surface area contributed by atoms with E-state index in [1.54, 1.807) is 24.4 Å². The van der Waals surface area contributed by atoms with Crippen LogP contribution in [-0.2, 0) is 19.1 Å². The molecule has 0 saturated carbocycles. The Labute approximate surface area is 169 Å².